The quantitative estimate of drug-likeness (QED) is 0.778. The molecule has 1 atom stereocenters. The summed E-state index contributed by atoms with van der Waals surface area (Å²) in [5.74, 6) is 0.0647. The van der Waals surface area contributed by atoms with Gasteiger partial charge in [0.05, 0.1) is 6.04 Å². The molecule has 2 aromatic rings. The maximum absolute atomic E-state index is 12.6. The molecule has 0 saturated carbocycles. The Morgan fingerprint density at radius 3 is 2.34 bits per heavy atom. The second-order valence-electron chi connectivity index (χ2n) is 7.83. The summed E-state index contributed by atoms with van der Waals surface area (Å²) in [6, 6.07) is 16.0. The van der Waals surface area contributed by atoms with E-state index in [1.165, 1.54) is 11.1 Å². The standard InChI is InChI=1S/C24H31N3O2/c1-4-18-8-10-19(11-9-18)22(26(2)3)17-25-24(29)20-12-14-21(15-13-20)27-16-6-5-7-23(27)28/h8-15,22H,4-7,16-17H2,1-3H3,(H,25,29). The van der Waals surface area contributed by atoms with Crippen molar-refractivity contribution >= 4 is 17.5 Å². The van der Waals surface area contributed by atoms with E-state index < -0.39 is 0 Å². The monoisotopic (exact) mass is 393 g/mol. The van der Waals surface area contributed by atoms with Gasteiger partial charge in [-0.1, -0.05) is 31.2 Å². The summed E-state index contributed by atoms with van der Waals surface area (Å²) in [5, 5.41) is 3.05. The number of benzene rings is 2. The molecule has 154 valence electrons. The summed E-state index contributed by atoms with van der Waals surface area (Å²) in [6.45, 7) is 3.43. The van der Waals surface area contributed by atoms with E-state index in [-0.39, 0.29) is 17.9 Å². The fourth-order valence-corrected chi connectivity index (χ4v) is 3.74. The summed E-state index contributed by atoms with van der Waals surface area (Å²) in [7, 11) is 4.05. The van der Waals surface area contributed by atoms with Gasteiger partial charge < -0.3 is 15.1 Å². The number of hydrogen-bond acceptors (Lipinski definition) is 3. The van der Waals surface area contributed by atoms with Crippen LogP contribution in [0.5, 0.6) is 0 Å². The molecule has 29 heavy (non-hydrogen) atoms. The van der Waals surface area contributed by atoms with E-state index in [1.54, 1.807) is 12.1 Å². The topological polar surface area (TPSA) is 52.7 Å². The Morgan fingerprint density at radius 1 is 1.07 bits per heavy atom. The highest BCUT2D eigenvalue weighted by Gasteiger charge is 2.20. The lowest BCUT2D eigenvalue weighted by molar-refractivity contribution is -0.119. The first-order chi connectivity index (χ1) is 14.0. The molecule has 0 spiro atoms. The molecule has 1 saturated heterocycles. The molecule has 1 unspecified atom stereocenters. The summed E-state index contributed by atoms with van der Waals surface area (Å²) in [6.07, 6.45) is 3.61. The predicted octanol–water partition coefficient (Wildman–Crippen LogP) is 3.80. The minimum absolute atomic E-state index is 0.0986. The smallest absolute Gasteiger partial charge is 0.251 e. The van der Waals surface area contributed by atoms with E-state index in [0.717, 1.165) is 31.5 Å². The van der Waals surface area contributed by atoms with Crippen molar-refractivity contribution < 1.29 is 9.59 Å². The number of carbonyl (C=O) groups excluding carboxylic acids is 2. The number of nitrogens with one attached hydrogen (secondary N) is 1. The van der Waals surface area contributed by atoms with Gasteiger partial charge in [-0.3, -0.25) is 9.59 Å². The molecule has 0 aliphatic carbocycles. The minimum atomic E-state index is -0.0986. The molecule has 5 nitrogen and oxygen atoms in total. The van der Waals surface area contributed by atoms with Crippen molar-refractivity contribution in [2.24, 2.45) is 0 Å². The van der Waals surface area contributed by atoms with Crippen LogP contribution >= 0.6 is 0 Å². The van der Waals surface area contributed by atoms with Gasteiger partial charge in [0.15, 0.2) is 0 Å². The first-order valence-corrected chi connectivity index (χ1v) is 10.4. The van der Waals surface area contributed by atoms with E-state index in [9.17, 15) is 9.59 Å². The van der Waals surface area contributed by atoms with Gasteiger partial charge in [0.25, 0.3) is 5.91 Å². The number of aryl methyl sites for hydroxylation is 1. The van der Waals surface area contributed by atoms with Gasteiger partial charge in [-0.2, -0.15) is 0 Å². The average Bonchev–Trinajstić information content (AvgIpc) is 2.74. The van der Waals surface area contributed by atoms with E-state index in [1.807, 2.05) is 31.1 Å². The Balaban J connectivity index is 1.63. The molecule has 3 rings (SSSR count). The fourth-order valence-electron chi connectivity index (χ4n) is 3.74. The summed E-state index contributed by atoms with van der Waals surface area (Å²) in [5.41, 5.74) is 3.97. The van der Waals surface area contributed by atoms with Crippen molar-refractivity contribution in [1.29, 1.82) is 0 Å². The van der Waals surface area contributed by atoms with Crippen LogP contribution in [-0.2, 0) is 11.2 Å². The zero-order valence-corrected chi connectivity index (χ0v) is 17.6. The van der Waals surface area contributed by atoms with E-state index in [4.69, 9.17) is 0 Å². The number of piperidine rings is 1. The van der Waals surface area contributed by atoms with Crippen molar-refractivity contribution in [2.75, 3.05) is 32.1 Å². The van der Waals surface area contributed by atoms with Crippen LogP contribution in [0.1, 0.15) is 53.7 Å². The number of nitrogens with zero attached hydrogens (tertiary/aromatic N) is 2. The van der Waals surface area contributed by atoms with Gasteiger partial charge in [0.1, 0.15) is 0 Å². The Kier molecular flexibility index (Phi) is 7.04. The largest absolute Gasteiger partial charge is 0.350 e. The average molecular weight is 394 g/mol. The van der Waals surface area contributed by atoms with Crippen LogP contribution < -0.4 is 10.2 Å². The molecule has 1 fully saturated rings. The normalized spacial score (nSPS) is 15.4. The number of rotatable bonds is 7. The minimum Gasteiger partial charge on any atom is -0.350 e. The summed E-state index contributed by atoms with van der Waals surface area (Å²) >= 11 is 0. The highest BCUT2D eigenvalue weighted by molar-refractivity contribution is 5.97. The SMILES string of the molecule is CCc1ccc(C(CNC(=O)c2ccc(N3CCCCC3=O)cc2)N(C)C)cc1. The third-order valence-electron chi connectivity index (χ3n) is 5.62. The lowest BCUT2D eigenvalue weighted by Crippen LogP contribution is -2.35. The van der Waals surface area contributed by atoms with Crippen LogP contribution in [0, 0.1) is 0 Å². The molecule has 5 heteroatoms. The third kappa shape index (κ3) is 5.24. The van der Waals surface area contributed by atoms with Crippen LogP contribution in [-0.4, -0.2) is 43.9 Å². The molecule has 2 aromatic carbocycles. The number of hydrogen-bond donors (Lipinski definition) is 1. The Hall–Kier alpha value is -2.66. The van der Waals surface area contributed by atoms with Gasteiger partial charge in [-0.15, -0.1) is 0 Å². The van der Waals surface area contributed by atoms with E-state index >= 15 is 0 Å². The third-order valence-corrected chi connectivity index (χ3v) is 5.62. The van der Waals surface area contributed by atoms with Gasteiger partial charge >= 0.3 is 0 Å². The molecule has 1 aliphatic rings. The van der Waals surface area contributed by atoms with Crippen LogP contribution in [0.15, 0.2) is 48.5 Å². The molecule has 0 radical (unpaired) electrons. The molecule has 0 aromatic heterocycles. The zero-order valence-electron chi connectivity index (χ0n) is 17.6. The number of carbonyl (C=O) groups is 2. The molecule has 2 amide bonds. The van der Waals surface area contributed by atoms with Crippen molar-refractivity contribution in [3.8, 4) is 0 Å². The molecule has 1 aliphatic heterocycles. The highest BCUT2D eigenvalue weighted by atomic mass is 16.2. The first kappa shape index (κ1) is 21.1. The molecular weight excluding hydrogens is 362 g/mol. The Morgan fingerprint density at radius 2 is 1.76 bits per heavy atom. The van der Waals surface area contributed by atoms with Crippen LogP contribution in [0.4, 0.5) is 5.69 Å². The summed E-state index contributed by atoms with van der Waals surface area (Å²) < 4.78 is 0. The van der Waals surface area contributed by atoms with Crippen molar-refractivity contribution in [3.63, 3.8) is 0 Å². The Bertz CT molecular complexity index is 828. The van der Waals surface area contributed by atoms with Crippen molar-refractivity contribution in [1.82, 2.24) is 10.2 Å². The molecular formula is C24H31N3O2. The lowest BCUT2D eigenvalue weighted by atomic mass is 10.0. The number of likely N-dealkylation sites (N-methyl/N-ethyl adjacent to an activating group) is 1. The van der Waals surface area contributed by atoms with Crippen molar-refractivity contribution in [2.45, 2.75) is 38.6 Å². The lowest BCUT2D eigenvalue weighted by Gasteiger charge is -2.27. The summed E-state index contributed by atoms with van der Waals surface area (Å²) in [4.78, 5) is 28.6. The first-order valence-electron chi connectivity index (χ1n) is 10.4. The maximum atomic E-state index is 12.6. The van der Waals surface area contributed by atoms with Crippen LogP contribution in [0.25, 0.3) is 0 Å². The number of anilines is 1. The van der Waals surface area contributed by atoms with Crippen LogP contribution in [0.2, 0.25) is 0 Å². The second-order valence-corrected chi connectivity index (χ2v) is 7.83. The van der Waals surface area contributed by atoms with Gasteiger partial charge in [-0.25, -0.2) is 0 Å². The zero-order chi connectivity index (χ0) is 20.8. The molecule has 0 bridgehead atoms. The highest BCUT2D eigenvalue weighted by Crippen LogP contribution is 2.22. The van der Waals surface area contributed by atoms with Gasteiger partial charge in [0, 0.05) is 30.8 Å². The van der Waals surface area contributed by atoms with Crippen LogP contribution in [0.3, 0.4) is 0 Å². The fraction of sp³-hybridized carbons (Fsp3) is 0.417. The number of amides is 2. The molecule has 1 heterocycles. The van der Waals surface area contributed by atoms with E-state index in [2.05, 4.69) is 41.4 Å². The van der Waals surface area contributed by atoms with E-state index in [0.29, 0.717) is 18.5 Å². The molecule has 1 N–H and O–H groups in total. The Labute approximate surface area is 173 Å². The van der Waals surface area contributed by atoms with Gasteiger partial charge in [-0.05, 0) is 68.8 Å². The predicted molar refractivity (Wildman–Crippen MR) is 117 cm³/mol. The van der Waals surface area contributed by atoms with Gasteiger partial charge in [0.2, 0.25) is 5.91 Å². The maximum Gasteiger partial charge on any atom is 0.251 e. The second kappa shape index (κ2) is 9.70. The van der Waals surface area contributed by atoms with Crippen molar-refractivity contribution in [3.05, 3.63) is 65.2 Å².